The molecule has 110 valence electrons. The van der Waals surface area contributed by atoms with Gasteiger partial charge < -0.3 is 5.32 Å². The van der Waals surface area contributed by atoms with E-state index in [0.29, 0.717) is 0 Å². The molecule has 1 fully saturated rings. The van der Waals surface area contributed by atoms with Crippen molar-refractivity contribution >= 4 is 5.82 Å². The Balaban J connectivity index is 1.56. The maximum atomic E-state index is 4.49. The normalized spacial score (nSPS) is 26.1. The molecule has 2 aliphatic carbocycles. The van der Waals surface area contributed by atoms with Gasteiger partial charge in [0.2, 0.25) is 0 Å². The van der Waals surface area contributed by atoms with Crippen molar-refractivity contribution in [2.75, 3.05) is 11.9 Å². The predicted octanol–water partition coefficient (Wildman–Crippen LogP) is 3.98. The summed E-state index contributed by atoms with van der Waals surface area (Å²) >= 11 is 0. The molecule has 0 aliphatic heterocycles. The van der Waals surface area contributed by atoms with Gasteiger partial charge in [-0.15, -0.1) is 0 Å². The van der Waals surface area contributed by atoms with Crippen LogP contribution >= 0.6 is 0 Å². The monoisotopic (exact) mass is 273 g/mol. The lowest BCUT2D eigenvalue weighted by atomic mass is 9.81. The van der Waals surface area contributed by atoms with Gasteiger partial charge in [-0.2, -0.15) is 0 Å². The van der Waals surface area contributed by atoms with Gasteiger partial charge in [-0.25, -0.2) is 9.97 Å². The summed E-state index contributed by atoms with van der Waals surface area (Å²) < 4.78 is 0. The number of hydrogen-bond acceptors (Lipinski definition) is 3. The van der Waals surface area contributed by atoms with Crippen molar-refractivity contribution in [1.29, 1.82) is 0 Å². The molecule has 0 atom stereocenters. The van der Waals surface area contributed by atoms with Gasteiger partial charge in [-0.05, 0) is 50.4 Å². The minimum absolute atomic E-state index is 0.840. The van der Waals surface area contributed by atoms with Gasteiger partial charge in [0.25, 0.3) is 0 Å². The first-order chi connectivity index (χ1) is 9.86. The van der Waals surface area contributed by atoms with E-state index in [1.165, 1.54) is 56.2 Å². The molecule has 3 rings (SSSR count). The Morgan fingerprint density at radius 1 is 1.05 bits per heavy atom. The van der Waals surface area contributed by atoms with Crippen LogP contribution in [0.3, 0.4) is 0 Å². The minimum atomic E-state index is 0.840. The molecule has 1 aromatic rings. The minimum Gasteiger partial charge on any atom is -0.369 e. The van der Waals surface area contributed by atoms with Crippen molar-refractivity contribution in [2.45, 2.75) is 64.7 Å². The zero-order valence-electron chi connectivity index (χ0n) is 12.7. The fourth-order valence-corrected chi connectivity index (χ4v) is 3.76. The number of aromatic nitrogens is 2. The standard InChI is InChI=1S/C17H27N3/c1-2-13-7-9-14(10-8-13)11-18-17-15-5-3-4-6-16(15)19-12-20-17/h12-14H,2-11H2,1H3,(H,18,19,20). The second-order valence-electron chi connectivity index (χ2n) is 6.53. The Labute approximate surface area is 122 Å². The molecular weight excluding hydrogens is 246 g/mol. The van der Waals surface area contributed by atoms with E-state index in [4.69, 9.17) is 0 Å². The largest absolute Gasteiger partial charge is 0.369 e. The molecule has 1 aromatic heterocycles. The van der Waals surface area contributed by atoms with Crippen molar-refractivity contribution < 1.29 is 0 Å². The summed E-state index contributed by atoms with van der Waals surface area (Å²) in [5, 5.41) is 3.62. The summed E-state index contributed by atoms with van der Waals surface area (Å²) in [5.41, 5.74) is 2.67. The Bertz CT molecular complexity index is 436. The maximum absolute atomic E-state index is 4.49. The number of aryl methyl sites for hydroxylation is 1. The van der Waals surface area contributed by atoms with Crippen LogP contribution in [0.5, 0.6) is 0 Å². The number of fused-ring (bicyclic) bond motifs is 1. The highest BCUT2D eigenvalue weighted by atomic mass is 15.0. The lowest BCUT2D eigenvalue weighted by molar-refractivity contribution is 0.278. The van der Waals surface area contributed by atoms with Crippen molar-refractivity contribution in [2.24, 2.45) is 11.8 Å². The van der Waals surface area contributed by atoms with Crippen LogP contribution in [0.1, 0.15) is 63.1 Å². The SMILES string of the molecule is CCC1CCC(CNc2ncnc3c2CCCC3)CC1. The third kappa shape index (κ3) is 3.13. The van der Waals surface area contributed by atoms with E-state index in [0.717, 1.165) is 37.0 Å². The zero-order valence-corrected chi connectivity index (χ0v) is 12.7. The zero-order chi connectivity index (χ0) is 13.8. The summed E-state index contributed by atoms with van der Waals surface area (Å²) in [4.78, 5) is 8.93. The summed E-state index contributed by atoms with van der Waals surface area (Å²) in [6.45, 7) is 3.43. The smallest absolute Gasteiger partial charge is 0.132 e. The first kappa shape index (κ1) is 13.8. The number of rotatable bonds is 4. The molecular formula is C17H27N3. The predicted molar refractivity (Wildman–Crippen MR) is 82.9 cm³/mol. The van der Waals surface area contributed by atoms with Crippen LogP contribution in [0.2, 0.25) is 0 Å². The van der Waals surface area contributed by atoms with E-state index >= 15 is 0 Å². The summed E-state index contributed by atoms with van der Waals surface area (Å²) in [6, 6.07) is 0. The Morgan fingerprint density at radius 3 is 2.60 bits per heavy atom. The van der Waals surface area contributed by atoms with Crippen molar-refractivity contribution in [3.63, 3.8) is 0 Å². The van der Waals surface area contributed by atoms with E-state index in [-0.39, 0.29) is 0 Å². The van der Waals surface area contributed by atoms with E-state index in [2.05, 4.69) is 22.2 Å². The van der Waals surface area contributed by atoms with Gasteiger partial charge in [-0.3, -0.25) is 0 Å². The second kappa shape index (κ2) is 6.55. The molecule has 1 heterocycles. The van der Waals surface area contributed by atoms with Gasteiger partial charge in [0.1, 0.15) is 12.1 Å². The highest BCUT2D eigenvalue weighted by Gasteiger charge is 2.21. The van der Waals surface area contributed by atoms with E-state index in [1.54, 1.807) is 6.33 Å². The van der Waals surface area contributed by atoms with Gasteiger partial charge >= 0.3 is 0 Å². The third-order valence-electron chi connectivity index (χ3n) is 5.23. The average molecular weight is 273 g/mol. The number of hydrogen-bond donors (Lipinski definition) is 1. The summed E-state index contributed by atoms with van der Waals surface area (Å²) in [6.07, 6.45) is 13.6. The van der Waals surface area contributed by atoms with E-state index in [1.807, 2.05) is 0 Å². The molecule has 0 aromatic carbocycles. The van der Waals surface area contributed by atoms with Crippen LogP contribution in [0, 0.1) is 11.8 Å². The number of nitrogens with one attached hydrogen (secondary N) is 1. The fourth-order valence-electron chi connectivity index (χ4n) is 3.76. The third-order valence-corrected chi connectivity index (χ3v) is 5.23. The Morgan fingerprint density at radius 2 is 1.80 bits per heavy atom. The van der Waals surface area contributed by atoms with Gasteiger partial charge in [0, 0.05) is 17.8 Å². The lowest BCUT2D eigenvalue weighted by Gasteiger charge is -2.28. The molecule has 20 heavy (non-hydrogen) atoms. The molecule has 0 saturated heterocycles. The van der Waals surface area contributed by atoms with Crippen LogP contribution in [-0.4, -0.2) is 16.5 Å². The summed E-state index contributed by atoms with van der Waals surface area (Å²) in [5.74, 6) is 2.94. The molecule has 0 radical (unpaired) electrons. The van der Waals surface area contributed by atoms with Crippen LogP contribution in [0.25, 0.3) is 0 Å². The molecule has 2 aliphatic rings. The molecule has 0 bridgehead atoms. The Hall–Kier alpha value is -1.12. The molecule has 1 N–H and O–H groups in total. The molecule has 0 unspecified atom stereocenters. The number of nitrogens with zero attached hydrogens (tertiary/aromatic N) is 2. The van der Waals surface area contributed by atoms with Crippen LogP contribution in [0.4, 0.5) is 5.82 Å². The van der Waals surface area contributed by atoms with Crippen LogP contribution in [-0.2, 0) is 12.8 Å². The first-order valence-electron chi connectivity index (χ1n) is 8.43. The average Bonchev–Trinajstić information content (AvgIpc) is 2.53. The van der Waals surface area contributed by atoms with Crippen LogP contribution in [0.15, 0.2) is 6.33 Å². The van der Waals surface area contributed by atoms with E-state index < -0.39 is 0 Å². The van der Waals surface area contributed by atoms with Gasteiger partial charge in [0.15, 0.2) is 0 Å². The quantitative estimate of drug-likeness (QED) is 0.901. The maximum Gasteiger partial charge on any atom is 0.132 e. The molecule has 1 saturated carbocycles. The topological polar surface area (TPSA) is 37.8 Å². The van der Waals surface area contributed by atoms with Crippen molar-refractivity contribution in [1.82, 2.24) is 9.97 Å². The summed E-state index contributed by atoms with van der Waals surface area (Å²) in [7, 11) is 0. The second-order valence-corrected chi connectivity index (χ2v) is 6.53. The Kier molecular flexibility index (Phi) is 4.54. The molecule has 3 heteroatoms. The molecule has 0 spiro atoms. The van der Waals surface area contributed by atoms with Crippen LogP contribution < -0.4 is 5.32 Å². The first-order valence-corrected chi connectivity index (χ1v) is 8.43. The molecule has 0 amide bonds. The van der Waals surface area contributed by atoms with Crippen molar-refractivity contribution in [3.8, 4) is 0 Å². The van der Waals surface area contributed by atoms with Crippen molar-refractivity contribution in [3.05, 3.63) is 17.6 Å². The fraction of sp³-hybridized carbons (Fsp3) is 0.765. The highest BCUT2D eigenvalue weighted by Crippen LogP contribution is 2.31. The van der Waals surface area contributed by atoms with Gasteiger partial charge in [-0.1, -0.05) is 26.2 Å². The van der Waals surface area contributed by atoms with Gasteiger partial charge in [0.05, 0.1) is 0 Å². The molecule has 3 nitrogen and oxygen atoms in total. The lowest BCUT2D eigenvalue weighted by Crippen LogP contribution is -2.22. The highest BCUT2D eigenvalue weighted by molar-refractivity contribution is 5.46. The van der Waals surface area contributed by atoms with E-state index in [9.17, 15) is 0 Å². The number of anilines is 1.